The fourth-order valence-corrected chi connectivity index (χ4v) is 3.87. The van der Waals surface area contributed by atoms with Crippen molar-refractivity contribution in [3.63, 3.8) is 0 Å². The standard InChI is InChI=1S/C15H26N2S/c1-4-7-16-14(13-6-5-11(2)8-13)9-15-17-12(3)10-18-15/h10-11,13-14,16H,4-9H2,1-3H3. The zero-order valence-corrected chi connectivity index (χ0v) is 12.7. The third kappa shape index (κ3) is 3.79. The highest BCUT2D eigenvalue weighted by Crippen LogP contribution is 2.34. The Hall–Kier alpha value is -0.410. The molecule has 0 radical (unpaired) electrons. The summed E-state index contributed by atoms with van der Waals surface area (Å²) in [5, 5.41) is 7.23. The van der Waals surface area contributed by atoms with Gasteiger partial charge in [-0.15, -0.1) is 11.3 Å². The minimum absolute atomic E-state index is 0.639. The Balaban J connectivity index is 1.96. The highest BCUT2D eigenvalue weighted by atomic mass is 32.1. The molecule has 0 saturated heterocycles. The van der Waals surface area contributed by atoms with Crippen LogP contribution in [0.15, 0.2) is 5.38 Å². The van der Waals surface area contributed by atoms with Gasteiger partial charge in [0.2, 0.25) is 0 Å². The largest absolute Gasteiger partial charge is 0.313 e. The first-order chi connectivity index (χ1) is 8.69. The molecule has 102 valence electrons. The van der Waals surface area contributed by atoms with E-state index < -0.39 is 0 Å². The first kappa shape index (κ1) is 14.0. The van der Waals surface area contributed by atoms with E-state index >= 15 is 0 Å². The van der Waals surface area contributed by atoms with Crippen molar-refractivity contribution in [3.05, 3.63) is 16.1 Å². The van der Waals surface area contributed by atoms with Crippen molar-refractivity contribution in [2.75, 3.05) is 6.54 Å². The Morgan fingerprint density at radius 3 is 2.89 bits per heavy atom. The second-order valence-electron chi connectivity index (χ2n) is 5.83. The monoisotopic (exact) mass is 266 g/mol. The molecule has 1 aliphatic carbocycles. The molecule has 0 bridgehead atoms. The number of rotatable bonds is 6. The van der Waals surface area contributed by atoms with Crippen LogP contribution in [-0.2, 0) is 6.42 Å². The van der Waals surface area contributed by atoms with Gasteiger partial charge in [-0.1, -0.05) is 20.3 Å². The average Bonchev–Trinajstić information content (AvgIpc) is 2.93. The molecule has 1 aliphatic rings. The number of thiazole rings is 1. The van der Waals surface area contributed by atoms with Crippen LogP contribution in [0.25, 0.3) is 0 Å². The molecule has 1 aromatic heterocycles. The molecule has 3 unspecified atom stereocenters. The van der Waals surface area contributed by atoms with Crippen LogP contribution in [-0.4, -0.2) is 17.6 Å². The molecule has 0 spiro atoms. The number of hydrogen-bond donors (Lipinski definition) is 1. The Bertz CT molecular complexity index is 361. The van der Waals surface area contributed by atoms with Gasteiger partial charge in [0.1, 0.15) is 0 Å². The highest BCUT2D eigenvalue weighted by Gasteiger charge is 2.28. The minimum Gasteiger partial charge on any atom is -0.313 e. The molecule has 3 atom stereocenters. The van der Waals surface area contributed by atoms with Gasteiger partial charge in [-0.3, -0.25) is 0 Å². The molecule has 2 nitrogen and oxygen atoms in total. The lowest BCUT2D eigenvalue weighted by Crippen LogP contribution is -2.37. The summed E-state index contributed by atoms with van der Waals surface area (Å²) in [6, 6.07) is 0.639. The number of nitrogens with one attached hydrogen (secondary N) is 1. The zero-order valence-electron chi connectivity index (χ0n) is 11.9. The van der Waals surface area contributed by atoms with Crippen LogP contribution < -0.4 is 5.32 Å². The summed E-state index contributed by atoms with van der Waals surface area (Å²) in [6.07, 6.45) is 6.54. The van der Waals surface area contributed by atoms with E-state index in [9.17, 15) is 0 Å². The predicted molar refractivity (Wildman–Crippen MR) is 79.1 cm³/mol. The Labute approximate surface area is 115 Å². The maximum absolute atomic E-state index is 4.63. The smallest absolute Gasteiger partial charge is 0.0943 e. The van der Waals surface area contributed by atoms with E-state index in [2.05, 4.69) is 36.5 Å². The molecular formula is C15H26N2S. The topological polar surface area (TPSA) is 24.9 Å². The lowest BCUT2D eigenvalue weighted by molar-refractivity contribution is 0.348. The minimum atomic E-state index is 0.639. The molecule has 1 saturated carbocycles. The van der Waals surface area contributed by atoms with E-state index in [0.29, 0.717) is 6.04 Å². The van der Waals surface area contributed by atoms with Gasteiger partial charge in [-0.05, 0) is 44.6 Å². The van der Waals surface area contributed by atoms with Gasteiger partial charge in [0.05, 0.1) is 5.01 Å². The van der Waals surface area contributed by atoms with Gasteiger partial charge < -0.3 is 5.32 Å². The van der Waals surface area contributed by atoms with Crippen molar-refractivity contribution in [1.29, 1.82) is 0 Å². The molecule has 3 heteroatoms. The summed E-state index contributed by atoms with van der Waals surface area (Å²) < 4.78 is 0. The van der Waals surface area contributed by atoms with Gasteiger partial charge in [0, 0.05) is 23.5 Å². The molecule has 1 fully saturated rings. The van der Waals surface area contributed by atoms with E-state index in [1.165, 1.54) is 36.4 Å². The number of nitrogens with zero attached hydrogens (tertiary/aromatic N) is 1. The van der Waals surface area contributed by atoms with Gasteiger partial charge in [0.25, 0.3) is 0 Å². The van der Waals surface area contributed by atoms with Crippen LogP contribution in [0, 0.1) is 18.8 Å². The van der Waals surface area contributed by atoms with Crippen molar-refractivity contribution in [2.24, 2.45) is 11.8 Å². The summed E-state index contributed by atoms with van der Waals surface area (Å²) in [7, 11) is 0. The Kier molecular flexibility index (Phi) is 5.19. The molecule has 1 aromatic rings. The first-order valence-electron chi connectivity index (χ1n) is 7.33. The quantitative estimate of drug-likeness (QED) is 0.847. The third-order valence-electron chi connectivity index (χ3n) is 4.02. The van der Waals surface area contributed by atoms with Crippen molar-refractivity contribution >= 4 is 11.3 Å². The van der Waals surface area contributed by atoms with E-state index in [0.717, 1.165) is 24.8 Å². The molecule has 1 N–H and O–H groups in total. The normalized spacial score (nSPS) is 25.5. The van der Waals surface area contributed by atoms with Crippen molar-refractivity contribution in [2.45, 2.75) is 58.9 Å². The lowest BCUT2D eigenvalue weighted by Gasteiger charge is -2.24. The summed E-state index contributed by atoms with van der Waals surface area (Å²) in [4.78, 5) is 4.63. The Morgan fingerprint density at radius 2 is 2.33 bits per heavy atom. The van der Waals surface area contributed by atoms with Crippen LogP contribution in [0.5, 0.6) is 0 Å². The molecule has 1 heterocycles. The van der Waals surface area contributed by atoms with Crippen LogP contribution in [0.2, 0.25) is 0 Å². The van der Waals surface area contributed by atoms with E-state index in [4.69, 9.17) is 0 Å². The number of hydrogen-bond acceptors (Lipinski definition) is 3. The van der Waals surface area contributed by atoms with E-state index in [1.807, 2.05) is 11.3 Å². The van der Waals surface area contributed by atoms with Gasteiger partial charge in [0.15, 0.2) is 0 Å². The Morgan fingerprint density at radius 1 is 1.50 bits per heavy atom. The molecule has 0 aromatic carbocycles. The molecule has 18 heavy (non-hydrogen) atoms. The molecular weight excluding hydrogens is 240 g/mol. The summed E-state index contributed by atoms with van der Waals surface area (Å²) in [6.45, 7) is 7.87. The zero-order chi connectivity index (χ0) is 13.0. The summed E-state index contributed by atoms with van der Waals surface area (Å²) in [5.74, 6) is 1.77. The average molecular weight is 266 g/mol. The van der Waals surface area contributed by atoms with Crippen LogP contribution >= 0.6 is 11.3 Å². The van der Waals surface area contributed by atoms with Crippen LogP contribution in [0.3, 0.4) is 0 Å². The van der Waals surface area contributed by atoms with Crippen LogP contribution in [0.4, 0.5) is 0 Å². The maximum atomic E-state index is 4.63. The second-order valence-corrected chi connectivity index (χ2v) is 6.77. The van der Waals surface area contributed by atoms with Crippen LogP contribution in [0.1, 0.15) is 50.2 Å². The number of aryl methyl sites for hydroxylation is 1. The van der Waals surface area contributed by atoms with Gasteiger partial charge in [-0.2, -0.15) is 0 Å². The predicted octanol–water partition coefficient (Wildman–Crippen LogP) is 3.80. The van der Waals surface area contributed by atoms with Gasteiger partial charge >= 0.3 is 0 Å². The summed E-state index contributed by atoms with van der Waals surface area (Å²) >= 11 is 1.82. The highest BCUT2D eigenvalue weighted by molar-refractivity contribution is 7.09. The third-order valence-corrected chi connectivity index (χ3v) is 5.01. The number of aromatic nitrogens is 1. The van der Waals surface area contributed by atoms with E-state index in [1.54, 1.807) is 0 Å². The van der Waals surface area contributed by atoms with Crippen molar-refractivity contribution in [3.8, 4) is 0 Å². The molecule has 0 amide bonds. The SMILES string of the molecule is CCCNC(Cc1nc(C)cs1)C1CCC(C)C1. The molecule has 0 aliphatic heterocycles. The fourth-order valence-electron chi connectivity index (χ4n) is 3.04. The first-order valence-corrected chi connectivity index (χ1v) is 8.21. The molecule has 2 rings (SSSR count). The fraction of sp³-hybridized carbons (Fsp3) is 0.800. The second kappa shape index (κ2) is 6.67. The maximum Gasteiger partial charge on any atom is 0.0943 e. The summed E-state index contributed by atoms with van der Waals surface area (Å²) in [5.41, 5.74) is 1.17. The van der Waals surface area contributed by atoms with Crippen molar-refractivity contribution in [1.82, 2.24) is 10.3 Å². The lowest BCUT2D eigenvalue weighted by atomic mass is 9.94. The van der Waals surface area contributed by atoms with Crippen molar-refractivity contribution < 1.29 is 0 Å². The van der Waals surface area contributed by atoms with Gasteiger partial charge in [-0.25, -0.2) is 4.98 Å². The van der Waals surface area contributed by atoms with E-state index in [-0.39, 0.29) is 0 Å².